The summed E-state index contributed by atoms with van der Waals surface area (Å²) < 4.78 is 11.7. The van der Waals surface area contributed by atoms with Crippen molar-refractivity contribution in [1.82, 2.24) is 5.32 Å². The Morgan fingerprint density at radius 3 is 2.68 bits per heavy atom. The minimum Gasteiger partial charge on any atom is -0.490 e. The van der Waals surface area contributed by atoms with Gasteiger partial charge in [-0.15, -0.1) is 0 Å². The SMILES string of the molecule is CCOc1cccc(CNC2CC2)c1OCC1CC1. The van der Waals surface area contributed by atoms with Gasteiger partial charge in [0.2, 0.25) is 0 Å². The number of ether oxygens (including phenoxy) is 2. The van der Waals surface area contributed by atoms with Crippen LogP contribution in [0.3, 0.4) is 0 Å². The Labute approximate surface area is 115 Å². The van der Waals surface area contributed by atoms with Crippen LogP contribution in [0.2, 0.25) is 0 Å². The Bertz CT molecular complexity index is 425. The molecule has 2 aliphatic rings. The molecule has 0 heterocycles. The molecule has 1 aromatic carbocycles. The second-order valence-electron chi connectivity index (χ2n) is 5.59. The van der Waals surface area contributed by atoms with Gasteiger partial charge in [-0.05, 0) is 44.6 Å². The highest BCUT2D eigenvalue weighted by molar-refractivity contribution is 5.46. The van der Waals surface area contributed by atoms with Gasteiger partial charge in [0.15, 0.2) is 11.5 Å². The molecule has 104 valence electrons. The van der Waals surface area contributed by atoms with E-state index in [4.69, 9.17) is 9.47 Å². The summed E-state index contributed by atoms with van der Waals surface area (Å²) in [5.41, 5.74) is 1.22. The van der Waals surface area contributed by atoms with Crippen LogP contribution in [0.5, 0.6) is 11.5 Å². The molecule has 2 fully saturated rings. The third-order valence-electron chi connectivity index (χ3n) is 3.68. The molecule has 0 aromatic heterocycles. The number of nitrogens with one attached hydrogen (secondary N) is 1. The molecule has 3 rings (SSSR count). The summed E-state index contributed by atoms with van der Waals surface area (Å²) in [6, 6.07) is 6.91. The Balaban J connectivity index is 1.71. The van der Waals surface area contributed by atoms with Crippen LogP contribution < -0.4 is 14.8 Å². The summed E-state index contributed by atoms with van der Waals surface area (Å²) >= 11 is 0. The molecule has 0 saturated heterocycles. The van der Waals surface area contributed by atoms with Crippen molar-refractivity contribution in [2.75, 3.05) is 13.2 Å². The number of benzene rings is 1. The van der Waals surface area contributed by atoms with Crippen molar-refractivity contribution in [3.05, 3.63) is 23.8 Å². The summed E-state index contributed by atoms with van der Waals surface area (Å²) in [6.45, 7) is 4.41. The molecule has 0 spiro atoms. The maximum absolute atomic E-state index is 6.03. The highest BCUT2D eigenvalue weighted by atomic mass is 16.5. The molecule has 0 unspecified atom stereocenters. The van der Waals surface area contributed by atoms with Gasteiger partial charge in [-0.25, -0.2) is 0 Å². The number of para-hydroxylation sites is 1. The highest BCUT2D eigenvalue weighted by Gasteiger charge is 2.24. The first-order chi connectivity index (χ1) is 9.36. The maximum Gasteiger partial charge on any atom is 0.165 e. The quantitative estimate of drug-likeness (QED) is 0.780. The average molecular weight is 261 g/mol. The molecule has 1 N–H and O–H groups in total. The molecule has 0 aliphatic heterocycles. The van der Waals surface area contributed by atoms with E-state index in [9.17, 15) is 0 Å². The van der Waals surface area contributed by atoms with E-state index in [1.807, 2.05) is 13.0 Å². The van der Waals surface area contributed by atoms with Crippen molar-refractivity contribution < 1.29 is 9.47 Å². The van der Waals surface area contributed by atoms with Gasteiger partial charge in [0.05, 0.1) is 13.2 Å². The second-order valence-corrected chi connectivity index (χ2v) is 5.59. The Hall–Kier alpha value is -1.22. The average Bonchev–Trinajstić information content (AvgIpc) is 3.28. The van der Waals surface area contributed by atoms with Crippen molar-refractivity contribution in [2.24, 2.45) is 5.92 Å². The third kappa shape index (κ3) is 3.63. The van der Waals surface area contributed by atoms with Gasteiger partial charge in [-0.1, -0.05) is 12.1 Å². The Morgan fingerprint density at radius 2 is 2.00 bits per heavy atom. The minimum atomic E-state index is 0.680. The van der Waals surface area contributed by atoms with Crippen molar-refractivity contribution in [3.63, 3.8) is 0 Å². The monoisotopic (exact) mass is 261 g/mol. The second kappa shape index (κ2) is 5.83. The van der Waals surface area contributed by atoms with Gasteiger partial charge < -0.3 is 14.8 Å². The molecule has 0 atom stereocenters. The maximum atomic E-state index is 6.03. The number of rotatable bonds is 8. The number of hydrogen-bond acceptors (Lipinski definition) is 3. The van der Waals surface area contributed by atoms with Crippen LogP contribution in [0, 0.1) is 5.92 Å². The first-order valence-electron chi connectivity index (χ1n) is 7.47. The smallest absolute Gasteiger partial charge is 0.165 e. The van der Waals surface area contributed by atoms with Gasteiger partial charge in [0.25, 0.3) is 0 Å². The van der Waals surface area contributed by atoms with E-state index in [2.05, 4.69) is 17.4 Å². The van der Waals surface area contributed by atoms with Gasteiger partial charge in [-0.2, -0.15) is 0 Å². The van der Waals surface area contributed by atoms with Crippen LogP contribution in [0.1, 0.15) is 38.2 Å². The molecule has 0 bridgehead atoms. The van der Waals surface area contributed by atoms with E-state index in [0.717, 1.165) is 30.6 Å². The van der Waals surface area contributed by atoms with Crippen LogP contribution in [0.4, 0.5) is 0 Å². The Kier molecular flexibility index (Phi) is 3.92. The molecular weight excluding hydrogens is 238 g/mol. The molecule has 1 aromatic rings. The van der Waals surface area contributed by atoms with Crippen LogP contribution >= 0.6 is 0 Å². The van der Waals surface area contributed by atoms with Crippen LogP contribution in [-0.2, 0) is 6.54 Å². The van der Waals surface area contributed by atoms with Crippen LogP contribution in [-0.4, -0.2) is 19.3 Å². The van der Waals surface area contributed by atoms with Crippen molar-refractivity contribution >= 4 is 0 Å². The van der Waals surface area contributed by atoms with Gasteiger partial charge in [-0.3, -0.25) is 0 Å². The predicted molar refractivity (Wildman–Crippen MR) is 75.7 cm³/mol. The summed E-state index contributed by atoms with van der Waals surface area (Å²) in [4.78, 5) is 0. The molecular formula is C16H23NO2. The third-order valence-corrected chi connectivity index (χ3v) is 3.68. The van der Waals surface area contributed by atoms with Crippen LogP contribution in [0.15, 0.2) is 18.2 Å². The van der Waals surface area contributed by atoms with E-state index in [1.54, 1.807) is 0 Å². The van der Waals surface area contributed by atoms with Gasteiger partial charge >= 0.3 is 0 Å². The summed E-state index contributed by atoms with van der Waals surface area (Å²) in [6.07, 6.45) is 5.24. The van der Waals surface area contributed by atoms with E-state index in [-0.39, 0.29) is 0 Å². The largest absolute Gasteiger partial charge is 0.490 e. The molecule has 3 nitrogen and oxygen atoms in total. The zero-order chi connectivity index (χ0) is 13.1. The predicted octanol–water partition coefficient (Wildman–Crippen LogP) is 3.13. The molecule has 0 radical (unpaired) electrons. The van der Waals surface area contributed by atoms with E-state index in [1.165, 1.54) is 31.2 Å². The topological polar surface area (TPSA) is 30.5 Å². The zero-order valence-electron chi connectivity index (χ0n) is 11.7. The van der Waals surface area contributed by atoms with Crippen LogP contribution in [0.25, 0.3) is 0 Å². The fraction of sp³-hybridized carbons (Fsp3) is 0.625. The standard InChI is InChI=1S/C16H23NO2/c1-2-18-15-5-3-4-13(10-17-14-8-9-14)16(15)19-11-12-6-7-12/h3-5,12,14,17H,2,6-11H2,1H3. The van der Waals surface area contributed by atoms with E-state index < -0.39 is 0 Å². The van der Waals surface area contributed by atoms with E-state index >= 15 is 0 Å². The fourth-order valence-corrected chi connectivity index (χ4v) is 2.16. The normalized spacial score (nSPS) is 18.4. The lowest BCUT2D eigenvalue weighted by molar-refractivity contribution is 0.263. The van der Waals surface area contributed by atoms with E-state index in [0.29, 0.717) is 12.6 Å². The highest BCUT2D eigenvalue weighted by Crippen LogP contribution is 2.35. The lowest BCUT2D eigenvalue weighted by Crippen LogP contribution is -2.16. The Morgan fingerprint density at radius 1 is 1.16 bits per heavy atom. The van der Waals surface area contributed by atoms with Crippen molar-refractivity contribution in [3.8, 4) is 11.5 Å². The van der Waals surface area contributed by atoms with Gasteiger partial charge in [0.1, 0.15) is 0 Å². The first kappa shape index (κ1) is 12.8. The molecule has 3 heteroatoms. The first-order valence-corrected chi connectivity index (χ1v) is 7.47. The molecule has 2 saturated carbocycles. The molecule has 2 aliphatic carbocycles. The summed E-state index contributed by atoms with van der Waals surface area (Å²) in [5, 5.41) is 3.55. The van der Waals surface area contributed by atoms with Gasteiger partial charge in [0, 0.05) is 18.2 Å². The lowest BCUT2D eigenvalue weighted by Gasteiger charge is -2.16. The fourth-order valence-electron chi connectivity index (χ4n) is 2.16. The summed E-state index contributed by atoms with van der Waals surface area (Å²) in [5.74, 6) is 2.60. The van der Waals surface area contributed by atoms with Crippen molar-refractivity contribution in [2.45, 2.75) is 45.2 Å². The molecule has 19 heavy (non-hydrogen) atoms. The zero-order valence-corrected chi connectivity index (χ0v) is 11.7. The minimum absolute atomic E-state index is 0.680. The van der Waals surface area contributed by atoms with Crippen molar-refractivity contribution in [1.29, 1.82) is 0 Å². The lowest BCUT2D eigenvalue weighted by atomic mass is 10.2. The molecule has 0 amide bonds. The number of hydrogen-bond donors (Lipinski definition) is 1. The summed E-state index contributed by atoms with van der Waals surface area (Å²) in [7, 11) is 0.